The van der Waals surface area contributed by atoms with Crippen molar-refractivity contribution in [3.05, 3.63) is 29.8 Å². The molecule has 5 heteroatoms. The Morgan fingerprint density at radius 1 is 1.04 bits per heavy atom. The topological polar surface area (TPSA) is 52.6 Å². The lowest BCUT2D eigenvalue weighted by Crippen LogP contribution is -2.32. The summed E-state index contributed by atoms with van der Waals surface area (Å²) in [5.41, 5.74) is 1.14. The second kappa shape index (κ2) is 9.73. The van der Waals surface area contributed by atoms with Crippen molar-refractivity contribution in [2.45, 2.75) is 95.5 Å². The van der Waals surface area contributed by atoms with Gasteiger partial charge >= 0.3 is 0 Å². The van der Waals surface area contributed by atoms with Crippen LogP contribution in [-0.4, -0.2) is 32.7 Å². The zero-order valence-electron chi connectivity index (χ0n) is 18.3. The average molecular weight is 411 g/mol. The Hall–Kier alpha value is -0.910. The number of benzene rings is 1. The van der Waals surface area contributed by atoms with Crippen molar-refractivity contribution in [1.29, 1.82) is 0 Å². The largest absolute Gasteiger partial charge is 0.353 e. The van der Waals surface area contributed by atoms with Crippen molar-refractivity contribution in [3.8, 4) is 0 Å². The van der Waals surface area contributed by atoms with E-state index >= 15 is 0 Å². The Balaban J connectivity index is 1.79. The zero-order chi connectivity index (χ0) is 20.8. The first kappa shape index (κ1) is 23.4. The van der Waals surface area contributed by atoms with E-state index in [0.29, 0.717) is 17.9 Å². The van der Waals surface area contributed by atoms with Crippen molar-refractivity contribution >= 4 is 9.84 Å². The summed E-state index contributed by atoms with van der Waals surface area (Å²) >= 11 is 0. The van der Waals surface area contributed by atoms with E-state index in [9.17, 15) is 8.42 Å². The molecule has 160 valence electrons. The molecule has 0 radical (unpaired) electrons. The van der Waals surface area contributed by atoms with Gasteiger partial charge in [0.05, 0.1) is 16.2 Å². The van der Waals surface area contributed by atoms with Crippen molar-refractivity contribution < 1.29 is 17.9 Å². The number of unbranched alkanes of at least 4 members (excludes halogenated alkanes) is 1. The molecule has 4 nitrogen and oxygen atoms in total. The molecule has 1 unspecified atom stereocenters. The molecular weight excluding hydrogens is 372 g/mol. The van der Waals surface area contributed by atoms with Crippen molar-refractivity contribution in [2.75, 3.05) is 13.2 Å². The van der Waals surface area contributed by atoms with Gasteiger partial charge in [-0.25, -0.2) is 8.42 Å². The number of sulfone groups is 1. The lowest BCUT2D eigenvalue weighted by Gasteiger charge is -2.30. The van der Waals surface area contributed by atoms with Crippen LogP contribution in [0.25, 0.3) is 0 Å². The summed E-state index contributed by atoms with van der Waals surface area (Å²) in [5, 5.41) is 0. The van der Waals surface area contributed by atoms with Crippen molar-refractivity contribution in [2.24, 2.45) is 5.41 Å². The summed E-state index contributed by atoms with van der Waals surface area (Å²) < 4.78 is 36.8. The third kappa shape index (κ3) is 6.57. The summed E-state index contributed by atoms with van der Waals surface area (Å²) in [7, 11) is -3.34. The number of hydrogen-bond acceptors (Lipinski definition) is 4. The van der Waals surface area contributed by atoms with Crippen LogP contribution in [0.5, 0.6) is 0 Å². The second-order valence-electron chi connectivity index (χ2n) is 9.55. The number of hydrogen-bond donors (Lipinski definition) is 0. The first-order chi connectivity index (χ1) is 13.0. The zero-order valence-corrected chi connectivity index (χ0v) is 19.1. The average Bonchev–Trinajstić information content (AvgIpc) is 2.65. The molecule has 1 saturated heterocycles. The van der Waals surface area contributed by atoms with Crippen molar-refractivity contribution in [3.63, 3.8) is 0 Å². The Morgan fingerprint density at radius 2 is 1.68 bits per heavy atom. The molecule has 0 spiro atoms. The molecule has 1 aliphatic heterocycles. The van der Waals surface area contributed by atoms with Crippen LogP contribution in [0.1, 0.15) is 78.2 Å². The predicted octanol–water partition coefficient (Wildman–Crippen LogP) is 5.68. The third-order valence-electron chi connectivity index (χ3n) is 5.74. The van der Waals surface area contributed by atoms with Gasteiger partial charge in [0, 0.05) is 6.61 Å². The third-order valence-corrected chi connectivity index (χ3v) is 8.29. The maximum Gasteiger partial charge on any atom is 0.183 e. The minimum absolute atomic E-state index is 0.0494. The monoisotopic (exact) mass is 410 g/mol. The van der Waals surface area contributed by atoms with Gasteiger partial charge in [-0.1, -0.05) is 44.4 Å². The van der Waals surface area contributed by atoms with Gasteiger partial charge in [-0.05, 0) is 70.4 Å². The maximum atomic E-state index is 13.0. The number of aryl methyl sites for hydroxylation is 1. The molecule has 1 fully saturated rings. The molecule has 0 N–H and O–H groups in total. The standard InChI is InChI=1S/C23H38O4S/c1-19-11-13-20(14-12-19)28(24,25)23(4,5)16-8-7-15-22(2,3)18-27-21-10-6-9-17-26-21/h11-14,21H,6-10,15-18H2,1-5H3. The Bertz CT molecular complexity index is 699. The van der Waals surface area contributed by atoms with Crippen LogP contribution in [0.4, 0.5) is 0 Å². The van der Waals surface area contributed by atoms with E-state index in [-0.39, 0.29) is 11.7 Å². The van der Waals surface area contributed by atoms with Crippen LogP contribution in [0.15, 0.2) is 29.2 Å². The normalized spacial score (nSPS) is 19.0. The minimum Gasteiger partial charge on any atom is -0.353 e. The Kier molecular flexibility index (Phi) is 8.12. The smallest absolute Gasteiger partial charge is 0.183 e. The quantitative estimate of drug-likeness (QED) is 0.466. The highest BCUT2D eigenvalue weighted by atomic mass is 32.2. The van der Waals surface area contributed by atoms with Gasteiger partial charge in [-0.2, -0.15) is 0 Å². The minimum atomic E-state index is -3.34. The molecule has 1 aromatic rings. The van der Waals surface area contributed by atoms with Crippen LogP contribution >= 0.6 is 0 Å². The van der Waals surface area contributed by atoms with E-state index in [1.807, 2.05) is 32.9 Å². The molecular formula is C23H38O4S. The van der Waals surface area contributed by atoms with Gasteiger partial charge in [-0.15, -0.1) is 0 Å². The van der Waals surface area contributed by atoms with Gasteiger partial charge in [0.25, 0.3) is 0 Å². The van der Waals surface area contributed by atoms with Crippen LogP contribution < -0.4 is 0 Å². The van der Waals surface area contributed by atoms with Gasteiger partial charge < -0.3 is 9.47 Å². The molecule has 1 aromatic carbocycles. The van der Waals surface area contributed by atoms with Gasteiger partial charge in [0.1, 0.15) is 0 Å². The fraction of sp³-hybridized carbons (Fsp3) is 0.739. The molecule has 2 rings (SSSR count). The molecule has 1 heterocycles. The van der Waals surface area contributed by atoms with Crippen LogP contribution in [-0.2, 0) is 19.3 Å². The Labute approximate surface area is 171 Å². The summed E-state index contributed by atoms with van der Waals surface area (Å²) in [5.74, 6) is 0. The van der Waals surface area contributed by atoms with Crippen LogP contribution in [0.3, 0.4) is 0 Å². The van der Waals surface area contributed by atoms with Gasteiger partial charge in [0.2, 0.25) is 0 Å². The van der Waals surface area contributed by atoms with Crippen molar-refractivity contribution in [1.82, 2.24) is 0 Å². The summed E-state index contributed by atoms with van der Waals surface area (Å²) in [6, 6.07) is 7.17. The lowest BCUT2D eigenvalue weighted by molar-refractivity contribution is -0.176. The fourth-order valence-corrected chi connectivity index (χ4v) is 5.10. The fourth-order valence-electron chi connectivity index (χ4n) is 3.56. The van der Waals surface area contributed by atoms with E-state index in [1.54, 1.807) is 12.1 Å². The molecule has 0 aromatic heterocycles. The van der Waals surface area contributed by atoms with Crippen LogP contribution in [0.2, 0.25) is 0 Å². The van der Waals surface area contributed by atoms with E-state index in [1.165, 1.54) is 6.42 Å². The summed E-state index contributed by atoms with van der Waals surface area (Å²) in [4.78, 5) is 0.421. The predicted molar refractivity (Wildman–Crippen MR) is 114 cm³/mol. The lowest BCUT2D eigenvalue weighted by atomic mass is 9.87. The molecule has 1 atom stereocenters. The van der Waals surface area contributed by atoms with Gasteiger partial charge in [0.15, 0.2) is 16.1 Å². The molecule has 0 aliphatic carbocycles. The Morgan fingerprint density at radius 3 is 2.29 bits per heavy atom. The first-order valence-electron chi connectivity index (χ1n) is 10.6. The SMILES string of the molecule is Cc1ccc(S(=O)(=O)C(C)(C)CCCCC(C)(C)COC2CCCCO2)cc1. The maximum absolute atomic E-state index is 13.0. The van der Waals surface area contributed by atoms with E-state index in [4.69, 9.17) is 9.47 Å². The highest BCUT2D eigenvalue weighted by molar-refractivity contribution is 7.92. The highest BCUT2D eigenvalue weighted by Crippen LogP contribution is 2.32. The molecule has 0 amide bonds. The number of ether oxygens (including phenoxy) is 2. The van der Waals surface area contributed by atoms with E-state index in [2.05, 4.69) is 13.8 Å². The van der Waals surface area contributed by atoms with E-state index in [0.717, 1.165) is 44.3 Å². The van der Waals surface area contributed by atoms with Crippen LogP contribution in [0, 0.1) is 12.3 Å². The summed E-state index contributed by atoms with van der Waals surface area (Å²) in [6.07, 6.45) is 6.80. The van der Waals surface area contributed by atoms with Gasteiger partial charge in [-0.3, -0.25) is 0 Å². The molecule has 1 aliphatic rings. The second-order valence-corrected chi connectivity index (χ2v) is 12.1. The van der Waals surface area contributed by atoms with E-state index < -0.39 is 14.6 Å². The molecule has 0 saturated carbocycles. The highest BCUT2D eigenvalue weighted by Gasteiger charge is 2.35. The first-order valence-corrected chi connectivity index (χ1v) is 12.1. The number of rotatable bonds is 10. The molecule has 28 heavy (non-hydrogen) atoms. The summed E-state index contributed by atoms with van der Waals surface area (Å²) in [6.45, 7) is 11.6. The molecule has 0 bridgehead atoms.